The first kappa shape index (κ1) is 15.3. The van der Waals surface area contributed by atoms with Crippen LogP contribution in [0.5, 0.6) is 0 Å². The van der Waals surface area contributed by atoms with Crippen LogP contribution in [0.4, 0.5) is 11.4 Å². The first-order chi connectivity index (χ1) is 8.31. The molecule has 102 valence electrons. The summed E-state index contributed by atoms with van der Waals surface area (Å²) in [5.41, 5.74) is 7.68. The predicted molar refractivity (Wildman–Crippen MR) is 78.8 cm³/mol. The fraction of sp³-hybridized carbons (Fsp3) is 0.455. The molecule has 0 saturated carbocycles. The molecular formula is C11H18BrN3O2S. The van der Waals surface area contributed by atoms with Crippen molar-refractivity contribution in [3.8, 4) is 0 Å². The van der Waals surface area contributed by atoms with Crippen molar-refractivity contribution in [1.82, 2.24) is 4.31 Å². The molecule has 0 amide bonds. The Balaban J connectivity index is 3.08. The van der Waals surface area contributed by atoms with Crippen molar-refractivity contribution in [3.63, 3.8) is 0 Å². The van der Waals surface area contributed by atoms with Crippen LogP contribution >= 0.6 is 15.9 Å². The van der Waals surface area contributed by atoms with Gasteiger partial charge in [-0.2, -0.15) is 12.7 Å². The van der Waals surface area contributed by atoms with Gasteiger partial charge >= 0.3 is 10.2 Å². The van der Waals surface area contributed by atoms with E-state index in [1.54, 1.807) is 26.0 Å². The normalized spacial score (nSPS) is 11.8. The van der Waals surface area contributed by atoms with Crippen molar-refractivity contribution in [2.75, 3.05) is 23.5 Å². The third-order valence-electron chi connectivity index (χ3n) is 2.64. The number of nitrogens with one attached hydrogen (secondary N) is 1. The van der Waals surface area contributed by atoms with E-state index >= 15 is 0 Å². The predicted octanol–water partition coefficient (Wildman–Crippen LogP) is 2.34. The number of rotatable bonds is 5. The van der Waals surface area contributed by atoms with Crippen molar-refractivity contribution in [1.29, 1.82) is 0 Å². The Morgan fingerprint density at radius 1 is 1.33 bits per heavy atom. The molecule has 0 aromatic heterocycles. The van der Waals surface area contributed by atoms with Gasteiger partial charge in [0, 0.05) is 23.2 Å². The summed E-state index contributed by atoms with van der Waals surface area (Å²) in [6.07, 6.45) is 0. The van der Waals surface area contributed by atoms with Gasteiger partial charge in [0.05, 0.1) is 5.69 Å². The van der Waals surface area contributed by atoms with Gasteiger partial charge in [-0.1, -0.05) is 13.8 Å². The van der Waals surface area contributed by atoms with Crippen LogP contribution in [0.15, 0.2) is 16.6 Å². The van der Waals surface area contributed by atoms with Gasteiger partial charge in [0.2, 0.25) is 0 Å². The average molecular weight is 336 g/mol. The number of hydrogen-bond acceptors (Lipinski definition) is 3. The minimum atomic E-state index is -3.53. The van der Waals surface area contributed by atoms with Gasteiger partial charge in [0.25, 0.3) is 0 Å². The number of nitrogens with two attached hydrogens (primary N) is 1. The van der Waals surface area contributed by atoms with Gasteiger partial charge < -0.3 is 5.73 Å². The molecule has 18 heavy (non-hydrogen) atoms. The fourth-order valence-corrected chi connectivity index (χ4v) is 3.48. The van der Waals surface area contributed by atoms with Crippen LogP contribution in [-0.4, -0.2) is 25.8 Å². The number of nitrogens with zero attached hydrogens (tertiary/aromatic N) is 1. The number of hydrogen-bond donors (Lipinski definition) is 2. The van der Waals surface area contributed by atoms with Crippen molar-refractivity contribution >= 4 is 37.5 Å². The SMILES string of the molecule is CCN(CC)S(=O)(=O)Nc1cc(N)c(C)cc1Br. The molecule has 0 radical (unpaired) electrons. The number of aryl methyl sites for hydroxylation is 1. The van der Waals surface area contributed by atoms with E-state index in [0.29, 0.717) is 28.9 Å². The lowest BCUT2D eigenvalue weighted by atomic mass is 10.2. The van der Waals surface area contributed by atoms with Crippen LogP contribution in [0.1, 0.15) is 19.4 Å². The van der Waals surface area contributed by atoms with E-state index in [1.165, 1.54) is 4.31 Å². The second kappa shape index (κ2) is 5.90. The maximum absolute atomic E-state index is 12.1. The van der Waals surface area contributed by atoms with E-state index in [1.807, 2.05) is 6.92 Å². The summed E-state index contributed by atoms with van der Waals surface area (Å²) in [7, 11) is -3.53. The third kappa shape index (κ3) is 3.37. The molecule has 3 N–H and O–H groups in total. The highest BCUT2D eigenvalue weighted by Gasteiger charge is 2.19. The Labute approximate surface area is 117 Å². The number of halogens is 1. The summed E-state index contributed by atoms with van der Waals surface area (Å²) in [5, 5.41) is 0. The van der Waals surface area contributed by atoms with Crippen molar-refractivity contribution in [3.05, 3.63) is 22.2 Å². The average Bonchev–Trinajstić information content (AvgIpc) is 2.26. The van der Waals surface area contributed by atoms with E-state index in [0.717, 1.165) is 5.56 Å². The molecule has 0 aliphatic carbocycles. The van der Waals surface area contributed by atoms with Crippen LogP contribution in [-0.2, 0) is 10.2 Å². The quantitative estimate of drug-likeness (QED) is 0.811. The summed E-state index contributed by atoms with van der Waals surface area (Å²) in [4.78, 5) is 0. The minimum absolute atomic E-state index is 0.421. The lowest BCUT2D eigenvalue weighted by molar-refractivity contribution is 0.449. The summed E-state index contributed by atoms with van der Waals surface area (Å²) in [5.74, 6) is 0. The van der Waals surface area contributed by atoms with Crippen molar-refractivity contribution in [2.24, 2.45) is 0 Å². The first-order valence-electron chi connectivity index (χ1n) is 5.65. The Bertz CT molecular complexity index is 527. The highest BCUT2D eigenvalue weighted by molar-refractivity contribution is 9.10. The van der Waals surface area contributed by atoms with Gasteiger partial charge in [-0.3, -0.25) is 4.72 Å². The van der Waals surface area contributed by atoms with Gasteiger partial charge in [0.15, 0.2) is 0 Å². The van der Waals surface area contributed by atoms with Crippen molar-refractivity contribution < 1.29 is 8.42 Å². The highest BCUT2D eigenvalue weighted by Crippen LogP contribution is 2.28. The molecule has 0 spiro atoms. The van der Waals surface area contributed by atoms with Crippen LogP contribution in [0.2, 0.25) is 0 Å². The van der Waals surface area contributed by atoms with E-state index < -0.39 is 10.2 Å². The zero-order chi connectivity index (χ0) is 13.9. The second-order valence-corrected chi connectivity index (χ2v) is 6.41. The maximum atomic E-state index is 12.1. The largest absolute Gasteiger partial charge is 0.398 e. The van der Waals surface area contributed by atoms with E-state index in [2.05, 4.69) is 20.7 Å². The molecule has 0 heterocycles. The monoisotopic (exact) mass is 335 g/mol. The van der Waals surface area contributed by atoms with Crippen LogP contribution in [0, 0.1) is 6.92 Å². The Morgan fingerprint density at radius 3 is 2.39 bits per heavy atom. The maximum Gasteiger partial charge on any atom is 0.301 e. The highest BCUT2D eigenvalue weighted by atomic mass is 79.9. The minimum Gasteiger partial charge on any atom is -0.398 e. The Morgan fingerprint density at radius 2 is 1.89 bits per heavy atom. The molecule has 0 aliphatic heterocycles. The summed E-state index contributed by atoms with van der Waals surface area (Å²) in [6, 6.07) is 3.40. The zero-order valence-electron chi connectivity index (χ0n) is 10.7. The molecule has 0 unspecified atom stereocenters. The fourth-order valence-electron chi connectivity index (χ4n) is 1.53. The van der Waals surface area contributed by atoms with Gasteiger partial charge in [-0.15, -0.1) is 0 Å². The smallest absolute Gasteiger partial charge is 0.301 e. The Hall–Kier alpha value is -0.790. The Kier molecular flexibility index (Phi) is 5.01. The zero-order valence-corrected chi connectivity index (χ0v) is 13.1. The molecule has 0 atom stereocenters. The lowest BCUT2D eigenvalue weighted by Crippen LogP contribution is -2.35. The molecule has 7 heteroatoms. The van der Waals surface area contributed by atoms with Gasteiger partial charge in [0.1, 0.15) is 0 Å². The van der Waals surface area contributed by atoms with Crippen LogP contribution in [0.3, 0.4) is 0 Å². The summed E-state index contributed by atoms with van der Waals surface area (Å²) >= 11 is 3.33. The molecule has 0 aliphatic rings. The molecule has 1 rings (SSSR count). The molecule has 1 aromatic rings. The summed E-state index contributed by atoms with van der Waals surface area (Å²) < 4.78 is 28.7. The number of nitrogen functional groups attached to an aromatic ring is 1. The van der Waals surface area contributed by atoms with Gasteiger partial charge in [-0.25, -0.2) is 0 Å². The molecule has 5 nitrogen and oxygen atoms in total. The van der Waals surface area contributed by atoms with Crippen molar-refractivity contribution in [2.45, 2.75) is 20.8 Å². The lowest BCUT2D eigenvalue weighted by Gasteiger charge is -2.20. The topological polar surface area (TPSA) is 75.4 Å². The molecule has 0 fully saturated rings. The number of benzene rings is 1. The molecule has 0 saturated heterocycles. The van der Waals surface area contributed by atoms with Crippen LogP contribution < -0.4 is 10.5 Å². The first-order valence-corrected chi connectivity index (χ1v) is 7.88. The summed E-state index contributed by atoms with van der Waals surface area (Å²) in [6.45, 7) is 6.29. The molecular weight excluding hydrogens is 318 g/mol. The van der Waals surface area contributed by atoms with E-state index in [4.69, 9.17) is 5.73 Å². The second-order valence-electron chi connectivity index (χ2n) is 3.88. The van der Waals surface area contributed by atoms with E-state index in [9.17, 15) is 8.42 Å². The molecule has 1 aromatic carbocycles. The van der Waals surface area contributed by atoms with E-state index in [-0.39, 0.29) is 0 Å². The number of anilines is 2. The molecule has 0 bridgehead atoms. The van der Waals surface area contributed by atoms with Crippen LogP contribution in [0.25, 0.3) is 0 Å². The van der Waals surface area contributed by atoms with Gasteiger partial charge in [-0.05, 0) is 40.5 Å². The third-order valence-corrected chi connectivity index (χ3v) is 4.97. The standard InChI is InChI=1S/C11H18BrN3O2S/c1-4-15(5-2)18(16,17)14-11-7-10(13)8(3)6-9(11)12/h6-7,14H,4-5,13H2,1-3H3.